The van der Waals surface area contributed by atoms with Crippen molar-refractivity contribution in [3.8, 4) is 22.3 Å². The van der Waals surface area contributed by atoms with Crippen LogP contribution >= 0.6 is 0 Å². The Morgan fingerprint density at radius 1 is 0.490 bits per heavy atom. The predicted octanol–water partition coefficient (Wildman–Crippen LogP) is 12.5. The lowest BCUT2D eigenvalue weighted by Crippen LogP contribution is -2.21. The van der Waals surface area contributed by atoms with Gasteiger partial charge >= 0.3 is 0 Å². The molecule has 1 aliphatic carbocycles. The van der Waals surface area contributed by atoms with Crippen LogP contribution in [-0.4, -0.2) is 18.0 Å². The summed E-state index contributed by atoms with van der Waals surface area (Å²) < 4.78 is 6.79. The van der Waals surface area contributed by atoms with Gasteiger partial charge in [0.05, 0.1) is 0 Å². The largest absolute Gasteiger partial charge is 0.467 e. The monoisotopic (exact) mass is 655 g/mol. The number of nitrogens with zero attached hydrogens (tertiary/aromatic N) is 1. The van der Waals surface area contributed by atoms with Crippen molar-refractivity contribution < 1.29 is 4.74 Å². The summed E-state index contributed by atoms with van der Waals surface area (Å²) in [5, 5.41) is 10.0. The molecule has 0 saturated carbocycles. The van der Waals surface area contributed by atoms with Gasteiger partial charge in [0.1, 0.15) is 12.1 Å². The average Bonchev–Trinajstić information content (AvgIpc) is 3.57. The Kier molecular flexibility index (Phi) is 6.60. The molecular weight excluding hydrogens is 619 g/mol. The Labute approximate surface area is 298 Å². The molecule has 0 radical (unpaired) electrons. The van der Waals surface area contributed by atoms with E-state index in [1.165, 1.54) is 98.7 Å². The average molecular weight is 656 g/mol. The van der Waals surface area contributed by atoms with Gasteiger partial charge in [-0.25, -0.2) is 4.99 Å². The number of ether oxygens (including phenoxy) is 1. The van der Waals surface area contributed by atoms with Gasteiger partial charge in [-0.15, -0.1) is 0 Å². The maximum absolute atomic E-state index is 6.79. The topological polar surface area (TPSA) is 21.6 Å². The van der Waals surface area contributed by atoms with Crippen LogP contribution in [0.4, 0.5) is 0 Å². The highest BCUT2D eigenvalue weighted by molar-refractivity contribution is 6.30. The molecule has 0 bridgehead atoms. The van der Waals surface area contributed by atoms with Gasteiger partial charge in [-0.1, -0.05) is 132 Å². The summed E-state index contributed by atoms with van der Waals surface area (Å²) in [5.74, 6) is 0.712. The Morgan fingerprint density at radius 3 is 1.92 bits per heavy atom. The van der Waals surface area contributed by atoms with Crippen molar-refractivity contribution in [1.82, 2.24) is 0 Å². The summed E-state index contributed by atoms with van der Waals surface area (Å²) in [6.45, 7) is 8.77. The number of allylic oxidation sites excluding steroid dienone is 2. The molecule has 0 aromatic heterocycles. The van der Waals surface area contributed by atoms with Crippen LogP contribution in [0.25, 0.3) is 70.9 Å². The zero-order chi connectivity index (χ0) is 34.4. The molecule has 51 heavy (non-hydrogen) atoms. The fourth-order valence-corrected chi connectivity index (χ4v) is 8.71. The molecule has 0 fully saturated rings. The van der Waals surface area contributed by atoms with Gasteiger partial charge in [-0.2, -0.15) is 0 Å². The van der Waals surface area contributed by atoms with Crippen molar-refractivity contribution in [3.05, 3.63) is 173 Å². The molecule has 0 N–H and O–H groups in total. The first-order valence-corrected chi connectivity index (χ1v) is 17.9. The molecule has 2 heteroatoms. The lowest BCUT2D eigenvalue weighted by atomic mass is 9.84. The van der Waals surface area contributed by atoms with Gasteiger partial charge in [-0.3, -0.25) is 0 Å². The van der Waals surface area contributed by atoms with Gasteiger partial charge in [0.2, 0.25) is 5.90 Å². The third kappa shape index (κ3) is 4.67. The van der Waals surface area contributed by atoms with E-state index in [0.717, 1.165) is 5.56 Å². The summed E-state index contributed by atoms with van der Waals surface area (Å²) in [7, 11) is 0. The second-order valence-corrected chi connectivity index (χ2v) is 14.5. The number of benzene rings is 8. The quantitative estimate of drug-likeness (QED) is 0.173. The molecule has 8 aromatic carbocycles. The van der Waals surface area contributed by atoms with E-state index in [4.69, 9.17) is 9.73 Å². The van der Waals surface area contributed by atoms with E-state index in [2.05, 4.69) is 167 Å². The second kappa shape index (κ2) is 11.3. The molecular formula is C49H37NO. The molecule has 0 spiro atoms. The summed E-state index contributed by atoms with van der Waals surface area (Å²) in [5.41, 5.74) is 13.6. The van der Waals surface area contributed by atoms with Crippen LogP contribution in [0.15, 0.2) is 145 Å². The zero-order valence-electron chi connectivity index (χ0n) is 29.3. The highest BCUT2D eigenvalue weighted by Gasteiger charge is 2.32. The van der Waals surface area contributed by atoms with Crippen LogP contribution < -0.4 is 0 Å². The van der Waals surface area contributed by atoms with Gasteiger partial charge in [0, 0.05) is 5.56 Å². The fourth-order valence-electron chi connectivity index (χ4n) is 8.71. The summed E-state index contributed by atoms with van der Waals surface area (Å²) in [6, 6.07) is 44.8. The van der Waals surface area contributed by atoms with Crippen LogP contribution in [0.2, 0.25) is 0 Å². The SMILES string of the molecule is Cc1ccc(-c2ccc3ccc4c(-c5ccc(C)cc5C)cc(C5=NC6C=C(c7cccc8ccccc78)C=CC6O5)c5ccc2c3c54)c(C)c1. The lowest BCUT2D eigenvalue weighted by molar-refractivity contribution is 0.255. The standard InChI is InChI=1S/C49H37NO/c1-28-12-17-35(30(3)24-28)39-19-14-33-15-20-41-43(36-18-13-29(2)25-31(36)4)27-44(42-22-21-40(39)47(33)48(41)42)49-50-45-26-34(16-23-46(45)51-49)38-11-7-9-32-8-5-6-10-37(32)38/h5-27,45-46H,1-4H3. The van der Waals surface area contributed by atoms with E-state index in [-0.39, 0.29) is 12.1 Å². The molecule has 2 nitrogen and oxygen atoms in total. The highest BCUT2D eigenvalue weighted by Crippen LogP contribution is 2.45. The van der Waals surface area contributed by atoms with Crippen molar-refractivity contribution in [1.29, 1.82) is 0 Å². The fraction of sp³-hybridized carbons (Fsp3) is 0.122. The van der Waals surface area contributed by atoms with Crippen LogP contribution in [0.1, 0.15) is 33.4 Å². The molecule has 1 aliphatic heterocycles. The molecule has 1 heterocycles. The minimum absolute atomic E-state index is 0.0989. The number of hydrogen-bond donors (Lipinski definition) is 0. The number of aliphatic imine (C=N–C) groups is 1. The smallest absolute Gasteiger partial charge is 0.218 e. The number of hydrogen-bond acceptors (Lipinski definition) is 2. The van der Waals surface area contributed by atoms with E-state index in [1.807, 2.05) is 0 Å². The predicted molar refractivity (Wildman–Crippen MR) is 216 cm³/mol. The molecule has 0 amide bonds. The molecule has 8 aromatic rings. The molecule has 2 aliphatic rings. The summed E-state index contributed by atoms with van der Waals surface area (Å²) in [4.78, 5) is 5.34. The van der Waals surface area contributed by atoms with Crippen LogP contribution in [0.3, 0.4) is 0 Å². The van der Waals surface area contributed by atoms with Crippen LogP contribution in [0.5, 0.6) is 0 Å². The maximum Gasteiger partial charge on any atom is 0.218 e. The number of fused-ring (bicyclic) bond motifs is 2. The Hall–Kier alpha value is -5.99. The summed E-state index contributed by atoms with van der Waals surface area (Å²) >= 11 is 0. The maximum atomic E-state index is 6.79. The minimum atomic E-state index is -0.141. The van der Waals surface area contributed by atoms with E-state index in [0.29, 0.717) is 5.90 Å². The molecule has 2 atom stereocenters. The first-order chi connectivity index (χ1) is 24.9. The normalized spacial score (nSPS) is 16.9. The number of rotatable bonds is 4. The van der Waals surface area contributed by atoms with Crippen molar-refractivity contribution in [3.63, 3.8) is 0 Å². The van der Waals surface area contributed by atoms with E-state index in [9.17, 15) is 0 Å². The molecule has 2 unspecified atom stereocenters. The third-order valence-corrected chi connectivity index (χ3v) is 11.1. The van der Waals surface area contributed by atoms with Crippen molar-refractivity contribution in [2.45, 2.75) is 39.8 Å². The van der Waals surface area contributed by atoms with Gasteiger partial charge in [-0.05, 0) is 134 Å². The van der Waals surface area contributed by atoms with Crippen LogP contribution in [0, 0.1) is 27.7 Å². The van der Waals surface area contributed by atoms with Gasteiger partial charge in [0.25, 0.3) is 0 Å². The first kappa shape index (κ1) is 29.9. The van der Waals surface area contributed by atoms with Gasteiger partial charge < -0.3 is 4.74 Å². The van der Waals surface area contributed by atoms with Crippen LogP contribution in [-0.2, 0) is 4.74 Å². The Morgan fingerprint density at radius 2 is 1.14 bits per heavy atom. The summed E-state index contributed by atoms with van der Waals surface area (Å²) in [6.07, 6.45) is 6.55. The Balaban J connectivity index is 1.21. The van der Waals surface area contributed by atoms with Crippen molar-refractivity contribution in [2.75, 3.05) is 0 Å². The first-order valence-electron chi connectivity index (χ1n) is 17.9. The van der Waals surface area contributed by atoms with E-state index < -0.39 is 0 Å². The van der Waals surface area contributed by atoms with E-state index in [1.54, 1.807) is 0 Å². The Bertz CT molecular complexity index is 2830. The highest BCUT2D eigenvalue weighted by atomic mass is 16.5. The van der Waals surface area contributed by atoms with Crippen molar-refractivity contribution >= 4 is 54.6 Å². The van der Waals surface area contributed by atoms with Crippen molar-refractivity contribution in [2.24, 2.45) is 4.99 Å². The number of aryl methyl sites for hydroxylation is 4. The lowest BCUT2D eigenvalue weighted by Gasteiger charge is -2.21. The van der Waals surface area contributed by atoms with E-state index >= 15 is 0 Å². The zero-order valence-corrected chi connectivity index (χ0v) is 29.3. The van der Waals surface area contributed by atoms with Gasteiger partial charge in [0.15, 0.2) is 0 Å². The third-order valence-electron chi connectivity index (χ3n) is 11.1. The second-order valence-electron chi connectivity index (χ2n) is 14.5. The molecule has 0 saturated heterocycles. The molecule has 10 rings (SSSR count). The molecule has 244 valence electrons. The minimum Gasteiger partial charge on any atom is -0.467 e.